The van der Waals surface area contributed by atoms with Crippen molar-refractivity contribution >= 4 is 34.1 Å². The summed E-state index contributed by atoms with van der Waals surface area (Å²) < 4.78 is 6.63. The van der Waals surface area contributed by atoms with Crippen LogP contribution in [0.4, 0.5) is 0 Å². The number of nitrogens with zero attached hydrogens (tertiary/aromatic N) is 1. The van der Waals surface area contributed by atoms with Crippen LogP contribution in [0.15, 0.2) is 54.6 Å². The molecular weight excluding hydrogens is 378 g/mol. The predicted octanol–water partition coefficient (Wildman–Crippen LogP) is 4.54. The molecule has 4 rings (SSSR count). The van der Waals surface area contributed by atoms with Crippen LogP contribution in [0, 0.1) is 0 Å². The van der Waals surface area contributed by atoms with E-state index >= 15 is 0 Å². The Kier molecular flexibility index (Phi) is 5.69. The lowest BCUT2D eigenvalue weighted by atomic mass is 10.0. The van der Waals surface area contributed by atoms with Gasteiger partial charge in [0.1, 0.15) is 26.2 Å². The van der Waals surface area contributed by atoms with Gasteiger partial charge in [-0.3, -0.25) is 4.79 Å². The van der Waals surface area contributed by atoms with Crippen molar-refractivity contribution in [3.63, 3.8) is 0 Å². The molecule has 2 aliphatic heterocycles. The van der Waals surface area contributed by atoms with E-state index in [0.717, 1.165) is 53.8 Å². The van der Waals surface area contributed by atoms with Gasteiger partial charge in [-0.05, 0) is 23.8 Å². The summed E-state index contributed by atoms with van der Waals surface area (Å²) in [5.74, 6) is 0.767. The molecular formula is C22H23ClNO2S+. The molecule has 2 aromatic rings. The zero-order valence-corrected chi connectivity index (χ0v) is 16.8. The van der Waals surface area contributed by atoms with Crippen molar-refractivity contribution in [3.05, 3.63) is 76.3 Å². The van der Waals surface area contributed by atoms with Gasteiger partial charge >= 0.3 is 0 Å². The van der Waals surface area contributed by atoms with E-state index in [1.165, 1.54) is 16.7 Å². The Bertz CT molecular complexity index is 857. The minimum Gasteiger partial charge on any atom is -0.370 e. The number of ketones is 1. The molecule has 1 fully saturated rings. The molecule has 0 saturated carbocycles. The third kappa shape index (κ3) is 4.46. The first kappa shape index (κ1) is 18.8. The number of thioether (sulfide) groups is 1. The Morgan fingerprint density at radius 3 is 2.44 bits per heavy atom. The van der Waals surface area contributed by atoms with Gasteiger partial charge in [-0.2, -0.15) is 0 Å². The topological polar surface area (TPSA) is 26.3 Å². The Morgan fingerprint density at radius 2 is 1.74 bits per heavy atom. The van der Waals surface area contributed by atoms with Crippen LogP contribution in [0.3, 0.4) is 0 Å². The van der Waals surface area contributed by atoms with Crippen molar-refractivity contribution in [1.82, 2.24) is 0 Å². The SMILES string of the molecule is O=C1C=C(c2ccccc2C[N+]2(Cc3ccc(Cl)cc3)CCOCC2)SC1. The molecule has 0 N–H and O–H groups in total. The highest BCUT2D eigenvalue weighted by Gasteiger charge is 2.32. The summed E-state index contributed by atoms with van der Waals surface area (Å²) in [5, 5.41) is 0.771. The molecule has 0 bridgehead atoms. The average Bonchev–Trinajstić information content (AvgIpc) is 3.11. The minimum atomic E-state index is 0.209. The highest BCUT2D eigenvalue weighted by molar-refractivity contribution is 8.09. The van der Waals surface area contributed by atoms with Crippen LogP contribution in [-0.4, -0.2) is 42.3 Å². The average molecular weight is 401 g/mol. The van der Waals surface area contributed by atoms with E-state index in [9.17, 15) is 4.79 Å². The number of quaternary nitrogens is 1. The summed E-state index contributed by atoms with van der Waals surface area (Å²) in [5.41, 5.74) is 3.80. The van der Waals surface area contributed by atoms with E-state index in [4.69, 9.17) is 16.3 Å². The number of hydrogen-bond acceptors (Lipinski definition) is 3. The Balaban J connectivity index is 1.64. The van der Waals surface area contributed by atoms with Gasteiger partial charge in [0.05, 0.1) is 19.0 Å². The lowest BCUT2D eigenvalue weighted by Gasteiger charge is -2.42. The van der Waals surface area contributed by atoms with E-state index < -0.39 is 0 Å². The van der Waals surface area contributed by atoms with E-state index in [2.05, 4.69) is 36.4 Å². The van der Waals surface area contributed by atoms with Crippen molar-refractivity contribution in [2.24, 2.45) is 0 Å². The van der Waals surface area contributed by atoms with E-state index in [-0.39, 0.29) is 5.78 Å². The molecule has 0 spiro atoms. The van der Waals surface area contributed by atoms with E-state index in [1.54, 1.807) is 17.8 Å². The minimum absolute atomic E-state index is 0.209. The normalized spacial score (nSPS) is 19.1. The maximum atomic E-state index is 11.7. The molecule has 2 heterocycles. The van der Waals surface area contributed by atoms with Crippen LogP contribution in [0.2, 0.25) is 5.02 Å². The fourth-order valence-electron chi connectivity index (χ4n) is 3.87. The van der Waals surface area contributed by atoms with Gasteiger partial charge in [0.25, 0.3) is 0 Å². The number of carbonyl (C=O) groups is 1. The van der Waals surface area contributed by atoms with Crippen molar-refractivity contribution in [3.8, 4) is 0 Å². The molecule has 0 amide bonds. The summed E-state index contributed by atoms with van der Waals surface area (Å²) in [6, 6.07) is 16.7. The fraction of sp³-hybridized carbons (Fsp3) is 0.318. The predicted molar refractivity (Wildman–Crippen MR) is 112 cm³/mol. The van der Waals surface area contributed by atoms with Crippen molar-refractivity contribution in [2.45, 2.75) is 13.1 Å². The second-order valence-corrected chi connectivity index (χ2v) is 8.72. The highest BCUT2D eigenvalue weighted by atomic mass is 35.5. The van der Waals surface area contributed by atoms with Crippen LogP contribution >= 0.6 is 23.4 Å². The second kappa shape index (κ2) is 8.19. The standard InChI is InChI=1S/C22H23ClNO2S/c23-19-7-5-17(6-8-19)14-24(9-11-26-12-10-24)15-18-3-1-2-4-21(18)22-13-20(25)16-27-22/h1-8,13H,9-12,14-16H2/q+1. The van der Waals surface area contributed by atoms with E-state index in [0.29, 0.717) is 5.75 Å². The largest absolute Gasteiger partial charge is 0.370 e. The fourth-order valence-corrected chi connectivity index (χ4v) is 4.95. The molecule has 0 aliphatic carbocycles. The van der Waals surface area contributed by atoms with E-state index in [1.807, 2.05) is 12.1 Å². The molecule has 2 aliphatic rings. The third-order valence-electron chi connectivity index (χ3n) is 5.30. The smallest absolute Gasteiger partial charge is 0.167 e. The summed E-state index contributed by atoms with van der Waals surface area (Å²) in [4.78, 5) is 12.8. The zero-order valence-electron chi connectivity index (χ0n) is 15.2. The molecule has 1 saturated heterocycles. The zero-order chi connectivity index (χ0) is 18.7. The van der Waals surface area contributed by atoms with Gasteiger partial charge in [0, 0.05) is 21.1 Å². The third-order valence-corrected chi connectivity index (χ3v) is 6.63. The summed E-state index contributed by atoms with van der Waals surface area (Å²) in [7, 11) is 0. The van der Waals surface area contributed by atoms with Crippen LogP contribution in [0.1, 0.15) is 16.7 Å². The first-order chi connectivity index (χ1) is 13.1. The number of ether oxygens (including phenoxy) is 1. The molecule has 2 aromatic carbocycles. The van der Waals surface area contributed by atoms with Crippen LogP contribution in [-0.2, 0) is 22.6 Å². The van der Waals surface area contributed by atoms with Crippen molar-refractivity contribution in [1.29, 1.82) is 0 Å². The molecule has 140 valence electrons. The number of carbonyl (C=O) groups excluding carboxylic acids is 1. The second-order valence-electron chi connectivity index (χ2n) is 7.26. The first-order valence-corrected chi connectivity index (χ1v) is 10.6. The highest BCUT2D eigenvalue weighted by Crippen LogP contribution is 2.36. The number of hydrogen-bond donors (Lipinski definition) is 0. The number of allylic oxidation sites excluding steroid dienone is 1. The molecule has 3 nitrogen and oxygen atoms in total. The van der Waals surface area contributed by atoms with Crippen LogP contribution in [0.5, 0.6) is 0 Å². The monoisotopic (exact) mass is 400 g/mol. The van der Waals surface area contributed by atoms with Crippen molar-refractivity contribution < 1.29 is 14.0 Å². The maximum absolute atomic E-state index is 11.7. The molecule has 0 atom stereocenters. The molecule has 0 unspecified atom stereocenters. The Morgan fingerprint density at radius 1 is 1.00 bits per heavy atom. The van der Waals surface area contributed by atoms with Crippen LogP contribution < -0.4 is 0 Å². The quantitative estimate of drug-likeness (QED) is 0.689. The number of rotatable bonds is 5. The lowest BCUT2D eigenvalue weighted by Crippen LogP contribution is -2.53. The molecule has 27 heavy (non-hydrogen) atoms. The van der Waals surface area contributed by atoms with Crippen molar-refractivity contribution in [2.75, 3.05) is 32.1 Å². The van der Waals surface area contributed by atoms with Crippen LogP contribution in [0.25, 0.3) is 4.91 Å². The lowest BCUT2D eigenvalue weighted by molar-refractivity contribution is -0.960. The van der Waals surface area contributed by atoms with Gasteiger partial charge in [0.15, 0.2) is 5.78 Å². The summed E-state index contributed by atoms with van der Waals surface area (Å²) in [6.45, 7) is 5.44. The number of benzene rings is 2. The Labute approximate surface area is 169 Å². The molecule has 5 heteroatoms. The first-order valence-electron chi connectivity index (χ1n) is 9.26. The summed E-state index contributed by atoms with van der Waals surface area (Å²) in [6.07, 6.45) is 1.80. The van der Waals surface area contributed by atoms with Gasteiger partial charge in [-0.15, -0.1) is 11.8 Å². The molecule has 0 aromatic heterocycles. The van der Waals surface area contributed by atoms with Gasteiger partial charge in [-0.25, -0.2) is 0 Å². The molecule has 0 radical (unpaired) electrons. The number of halogens is 1. The summed E-state index contributed by atoms with van der Waals surface area (Å²) >= 11 is 7.71. The van der Waals surface area contributed by atoms with Gasteiger partial charge < -0.3 is 9.22 Å². The Hall–Kier alpha value is -1.59. The number of morpholine rings is 1. The van der Waals surface area contributed by atoms with Gasteiger partial charge in [-0.1, -0.05) is 48.0 Å². The van der Waals surface area contributed by atoms with Gasteiger partial charge in [0.2, 0.25) is 0 Å². The maximum Gasteiger partial charge on any atom is 0.167 e.